The molecule has 1 N–H and O–H groups in total. The minimum Gasteiger partial charge on any atom is -0.399 e. The van der Waals surface area contributed by atoms with Crippen LogP contribution in [0.1, 0.15) is 27.7 Å². The lowest BCUT2D eigenvalue weighted by molar-refractivity contribution is -0.208. The number of hydrogen-bond donors (Lipinski definition) is 1. The molecular weight excluding hydrogens is 288 g/mol. The van der Waals surface area contributed by atoms with Crippen LogP contribution < -0.4 is 5.46 Å². The Morgan fingerprint density at radius 1 is 1.29 bits per heavy atom. The van der Waals surface area contributed by atoms with Gasteiger partial charge in [-0.05, 0) is 27.7 Å². The molecule has 0 amide bonds. The van der Waals surface area contributed by atoms with E-state index in [4.69, 9.17) is 14.4 Å². The molecule has 0 radical (unpaired) electrons. The van der Waals surface area contributed by atoms with Crippen LogP contribution in [-0.4, -0.2) is 45.5 Å². The van der Waals surface area contributed by atoms with Crippen LogP contribution in [0.15, 0.2) is 12.4 Å². The van der Waals surface area contributed by atoms with E-state index in [0.717, 1.165) is 4.68 Å². The fourth-order valence-electron chi connectivity index (χ4n) is 1.86. The molecule has 0 saturated carbocycles. The van der Waals surface area contributed by atoms with Gasteiger partial charge in [0.15, 0.2) is 6.10 Å². The van der Waals surface area contributed by atoms with Gasteiger partial charge in [-0.2, -0.15) is 18.3 Å². The molecule has 21 heavy (non-hydrogen) atoms. The van der Waals surface area contributed by atoms with E-state index in [2.05, 4.69) is 5.10 Å². The number of aromatic nitrogens is 2. The van der Waals surface area contributed by atoms with Crippen molar-refractivity contribution in [1.29, 1.82) is 0 Å². The Morgan fingerprint density at radius 2 is 1.81 bits per heavy atom. The zero-order chi connectivity index (χ0) is 16.1. The molecule has 2 heterocycles. The molecule has 1 fully saturated rings. The molecule has 0 unspecified atom stereocenters. The Morgan fingerprint density at radius 3 is 2.29 bits per heavy atom. The second kappa shape index (κ2) is 5.00. The lowest BCUT2D eigenvalue weighted by Gasteiger charge is -2.32. The zero-order valence-corrected chi connectivity index (χ0v) is 12.3. The van der Waals surface area contributed by atoms with E-state index in [-0.39, 0.29) is 0 Å². The SMILES string of the molecule is CC1(C)OB(c2cnn(C[C@@H](O)C(F)(F)F)c2)OC1(C)C. The Labute approximate surface area is 121 Å². The van der Waals surface area contributed by atoms with Crippen molar-refractivity contribution < 1.29 is 27.6 Å². The van der Waals surface area contributed by atoms with Crippen LogP contribution in [0.25, 0.3) is 0 Å². The van der Waals surface area contributed by atoms with Crippen molar-refractivity contribution in [1.82, 2.24) is 9.78 Å². The summed E-state index contributed by atoms with van der Waals surface area (Å²) in [5.41, 5.74) is -0.556. The molecule has 5 nitrogen and oxygen atoms in total. The molecular formula is C12H18BF3N2O3. The topological polar surface area (TPSA) is 56.5 Å². The van der Waals surface area contributed by atoms with Gasteiger partial charge >= 0.3 is 13.3 Å². The van der Waals surface area contributed by atoms with E-state index in [9.17, 15) is 13.2 Å². The number of hydrogen-bond acceptors (Lipinski definition) is 4. The summed E-state index contributed by atoms with van der Waals surface area (Å²) in [6, 6.07) is 0. The van der Waals surface area contributed by atoms with Crippen molar-refractivity contribution in [3.63, 3.8) is 0 Å². The first kappa shape index (κ1) is 16.3. The first-order valence-corrected chi connectivity index (χ1v) is 6.55. The monoisotopic (exact) mass is 306 g/mol. The van der Waals surface area contributed by atoms with Crippen LogP contribution in [0.5, 0.6) is 0 Å². The summed E-state index contributed by atoms with van der Waals surface area (Å²) in [6.45, 7) is 6.86. The van der Waals surface area contributed by atoms with E-state index in [1.807, 2.05) is 27.7 Å². The second-order valence-corrected chi connectivity index (χ2v) is 6.14. The molecule has 1 aliphatic rings. The predicted molar refractivity (Wildman–Crippen MR) is 70.0 cm³/mol. The molecule has 0 spiro atoms. The van der Waals surface area contributed by atoms with E-state index >= 15 is 0 Å². The maximum atomic E-state index is 12.3. The van der Waals surface area contributed by atoms with E-state index in [1.54, 1.807) is 0 Å². The lowest BCUT2D eigenvalue weighted by Crippen LogP contribution is -2.41. The number of aliphatic hydroxyl groups excluding tert-OH is 1. The van der Waals surface area contributed by atoms with Crippen molar-refractivity contribution in [3.05, 3.63) is 12.4 Å². The van der Waals surface area contributed by atoms with Gasteiger partial charge in [-0.25, -0.2) is 0 Å². The average Bonchev–Trinajstić information content (AvgIpc) is 2.81. The summed E-state index contributed by atoms with van der Waals surface area (Å²) in [6.07, 6.45) is -4.36. The Kier molecular flexibility index (Phi) is 3.88. The van der Waals surface area contributed by atoms with Gasteiger partial charge in [-0.3, -0.25) is 4.68 Å². The van der Waals surface area contributed by atoms with Gasteiger partial charge in [0.25, 0.3) is 0 Å². The van der Waals surface area contributed by atoms with Crippen molar-refractivity contribution >= 4 is 12.6 Å². The largest absolute Gasteiger partial charge is 0.498 e. The second-order valence-electron chi connectivity index (χ2n) is 6.14. The summed E-state index contributed by atoms with van der Waals surface area (Å²) < 4.78 is 49.5. The van der Waals surface area contributed by atoms with Crippen molar-refractivity contribution in [2.24, 2.45) is 0 Å². The summed E-state index contributed by atoms with van der Waals surface area (Å²) >= 11 is 0. The highest BCUT2D eigenvalue weighted by Gasteiger charge is 2.52. The highest BCUT2D eigenvalue weighted by molar-refractivity contribution is 6.61. The van der Waals surface area contributed by atoms with Crippen LogP contribution >= 0.6 is 0 Å². The molecule has 1 atom stereocenters. The fourth-order valence-corrected chi connectivity index (χ4v) is 1.86. The summed E-state index contributed by atoms with van der Waals surface area (Å²) in [7, 11) is -0.688. The number of halogens is 3. The Balaban J connectivity index is 2.08. The minimum atomic E-state index is -4.67. The molecule has 1 aliphatic heterocycles. The molecule has 2 rings (SSSR count). The van der Waals surface area contributed by atoms with Crippen LogP contribution in [0.2, 0.25) is 0 Å². The van der Waals surface area contributed by atoms with Gasteiger partial charge in [0, 0.05) is 17.9 Å². The molecule has 0 aromatic carbocycles. The third-order valence-corrected chi connectivity index (χ3v) is 3.92. The zero-order valence-electron chi connectivity index (χ0n) is 12.3. The number of aliphatic hydroxyl groups is 1. The quantitative estimate of drug-likeness (QED) is 0.850. The van der Waals surface area contributed by atoms with Gasteiger partial charge in [-0.15, -0.1) is 0 Å². The first-order chi connectivity index (χ1) is 9.42. The normalized spacial score (nSPS) is 22.6. The number of nitrogens with zero attached hydrogens (tertiary/aromatic N) is 2. The fraction of sp³-hybridized carbons (Fsp3) is 0.750. The summed E-state index contributed by atoms with van der Waals surface area (Å²) in [5, 5.41) is 12.8. The minimum absolute atomic E-state index is 0.517. The number of rotatable bonds is 3. The molecule has 9 heteroatoms. The molecule has 1 aromatic rings. The van der Waals surface area contributed by atoms with Crippen LogP contribution in [0.3, 0.4) is 0 Å². The molecule has 0 bridgehead atoms. The van der Waals surface area contributed by atoms with Crippen molar-refractivity contribution in [2.45, 2.75) is 57.7 Å². The average molecular weight is 306 g/mol. The first-order valence-electron chi connectivity index (χ1n) is 6.55. The molecule has 0 aliphatic carbocycles. The smallest absolute Gasteiger partial charge is 0.399 e. The molecule has 1 saturated heterocycles. The third-order valence-electron chi connectivity index (χ3n) is 3.92. The van der Waals surface area contributed by atoms with Gasteiger partial charge in [0.2, 0.25) is 0 Å². The van der Waals surface area contributed by atoms with Gasteiger partial charge in [0.1, 0.15) is 0 Å². The Bertz CT molecular complexity index is 500. The molecule has 118 valence electrons. The molecule has 1 aromatic heterocycles. The maximum Gasteiger partial charge on any atom is 0.498 e. The van der Waals surface area contributed by atoms with E-state index in [1.165, 1.54) is 12.4 Å². The standard InChI is InChI=1S/C12H18BF3N2O3/c1-10(2)11(3,4)21-13(20-10)8-5-17-18(6-8)7-9(19)12(14,15)16/h5-6,9,19H,7H2,1-4H3/t9-/m1/s1. The van der Waals surface area contributed by atoms with Crippen molar-refractivity contribution in [2.75, 3.05) is 0 Å². The van der Waals surface area contributed by atoms with Crippen LogP contribution in [-0.2, 0) is 15.9 Å². The van der Waals surface area contributed by atoms with Crippen molar-refractivity contribution in [3.8, 4) is 0 Å². The highest BCUT2D eigenvalue weighted by atomic mass is 19.4. The highest BCUT2D eigenvalue weighted by Crippen LogP contribution is 2.36. The lowest BCUT2D eigenvalue weighted by atomic mass is 9.82. The van der Waals surface area contributed by atoms with E-state index in [0.29, 0.717) is 5.46 Å². The van der Waals surface area contributed by atoms with Crippen LogP contribution in [0, 0.1) is 0 Å². The van der Waals surface area contributed by atoms with Gasteiger partial charge in [0.05, 0.1) is 17.7 Å². The summed E-state index contributed by atoms with van der Waals surface area (Å²) in [5.74, 6) is 0. The third kappa shape index (κ3) is 3.24. The van der Waals surface area contributed by atoms with Gasteiger partial charge in [-0.1, -0.05) is 0 Å². The maximum absolute atomic E-state index is 12.3. The van der Waals surface area contributed by atoms with E-state index < -0.39 is 37.1 Å². The number of alkyl halides is 3. The summed E-state index contributed by atoms with van der Waals surface area (Å²) in [4.78, 5) is 0. The van der Waals surface area contributed by atoms with Crippen LogP contribution in [0.4, 0.5) is 13.2 Å². The predicted octanol–water partition coefficient (Wildman–Crippen LogP) is 1.11. The van der Waals surface area contributed by atoms with Gasteiger partial charge < -0.3 is 14.4 Å². The Hall–Kier alpha value is -1.06.